The number of nitrogens with zero attached hydrogens (tertiary/aromatic N) is 2. The number of aromatic nitrogens is 2. The lowest BCUT2D eigenvalue weighted by Gasteiger charge is -2.06. The van der Waals surface area contributed by atoms with Crippen molar-refractivity contribution in [2.45, 2.75) is 39.2 Å². The van der Waals surface area contributed by atoms with Gasteiger partial charge in [0.1, 0.15) is 5.75 Å². The van der Waals surface area contributed by atoms with Crippen LogP contribution in [-0.2, 0) is 12.8 Å². The minimum absolute atomic E-state index is 0.508. The Balaban J connectivity index is 1.88. The molecular formula is C16H23N3O2. The number of para-hydroxylation sites is 1. The summed E-state index contributed by atoms with van der Waals surface area (Å²) in [4.78, 5) is 0. The normalized spacial score (nSPS) is 11.0. The molecule has 0 aliphatic heterocycles. The number of hydrogen-bond acceptors (Lipinski definition) is 5. The minimum atomic E-state index is 0.508. The van der Waals surface area contributed by atoms with Crippen molar-refractivity contribution in [1.29, 1.82) is 0 Å². The monoisotopic (exact) mass is 289 g/mol. The zero-order valence-corrected chi connectivity index (χ0v) is 12.9. The van der Waals surface area contributed by atoms with Gasteiger partial charge in [0.25, 0.3) is 0 Å². The van der Waals surface area contributed by atoms with Crippen molar-refractivity contribution < 1.29 is 9.15 Å². The highest BCUT2D eigenvalue weighted by molar-refractivity contribution is 5.34. The molecule has 0 fully saturated rings. The van der Waals surface area contributed by atoms with Gasteiger partial charge in [0, 0.05) is 18.0 Å². The summed E-state index contributed by atoms with van der Waals surface area (Å²) in [5, 5.41) is 11.6. The van der Waals surface area contributed by atoms with E-state index in [1.54, 1.807) is 7.11 Å². The second-order valence-corrected chi connectivity index (χ2v) is 5.29. The third-order valence-electron chi connectivity index (χ3n) is 3.16. The largest absolute Gasteiger partial charge is 0.496 e. The third-order valence-corrected chi connectivity index (χ3v) is 3.16. The van der Waals surface area contributed by atoms with Crippen molar-refractivity contribution in [2.24, 2.45) is 0 Å². The van der Waals surface area contributed by atoms with Crippen molar-refractivity contribution in [3.8, 4) is 5.75 Å². The van der Waals surface area contributed by atoms with E-state index in [2.05, 4.69) is 29.4 Å². The fourth-order valence-corrected chi connectivity index (χ4v) is 2.10. The van der Waals surface area contributed by atoms with Crippen LogP contribution in [0.4, 0.5) is 0 Å². The lowest BCUT2D eigenvalue weighted by Crippen LogP contribution is -2.23. The number of rotatable bonds is 8. The average molecular weight is 289 g/mol. The van der Waals surface area contributed by atoms with Gasteiger partial charge in [-0.15, -0.1) is 10.2 Å². The van der Waals surface area contributed by atoms with Gasteiger partial charge in [-0.05, 0) is 19.0 Å². The Kier molecular flexibility index (Phi) is 5.75. The quantitative estimate of drug-likeness (QED) is 0.757. The maximum absolute atomic E-state index is 5.69. The Bertz CT molecular complexity index is 552. The van der Waals surface area contributed by atoms with Crippen LogP contribution in [0.3, 0.4) is 0 Å². The highest BCUT2D eigenvalue weighted by Crippen LogP contribution is 2.20. The Labute approximate surface area is 125 Å². The van der Waals surface area contributed by atoms with E-state index < -0.39 is 0 Å². The molecule has 0 bridgehead atoms. The lowest BCUT2D eigenvalue weighted by molar-refractivity contribution is 0.405. The van der Waals surface area contributed by atoms with Crippen LogP contribution in [0.1, 0.15) is 37.6 Å². The molecule has 2 rings (SSSR count). The Morgan fingerprint density at radius 1 is 1.19 bits per heavy atom. The predicted molar refractivity (Wildman–Crippen MR) is 81.6 cm³/mol. The van der Waals surface area contributed by atoms with E-state index in [0.29, 0.717) is 24.2 Å². The van der Waals surface area contributed by atoms with Crippen LogP contribution in [-0.4, -0.2) is 29.9 Å². The fourth-order valence-electron chi connectivity index (χ4n) is 2.10. The summed E-state index contributed by atoms with van der Waals surface area (Å²) in [7, 11) is 1.67. The second kappa shape index (κ2) is 7.78. The van der Waals surface area contributed by atoms with Crippen molar-refractivity contribution in [1.82, 2.24) is 15.5 Å². The number of methoxy groups -OCH3 is 1. The molecule has 0 saturated carbocycles. The number of nitrogens with one attached hydrogen (secondary N) is 1. The van der Waals surface area contributed by atoms with Crippen LogP contribution in [0, 0.1) is 0 Å². The van der Waals surface area contributed by atoms with Crippen LogP contribution < -0.4 is 10.1 Å². The van der Waals surface area contributed by atoms with E-state index in [0.717, 1.165) is 30.7 Å². The summed E-state index contributed by atoms with van der Waals surface area (Å²) < 4.78 is 11.0. The molecule has 5 heteroatoms. The Morgan fingerprint density at radius 2 is 1.95 bits per heavy atom. The van der Waals surface area contributed by atoms with Crippen LogP contribution in [0.5, 0.6) is 5.75 Å². The fraction of sp³-hybridized carbons (Fsp3) is 0.500. The SMILES string of the molecule is COc1ccccc1Cc1nnc(CCCNC(C)C)o1. The molecule has 0 spiro atoms. The molecule has 0 aliphatic carbocycles. The summed E-state index contributed by atoms with van der Waals surface area (Å²) in [5.41, 5.74) is 1.05. The first-order valence-corrected chi connectivity index (χ1v) is 7.35. The summed E-state index contributed by atoms with van der Waals surface area (Å²) in [6.07, 6.45) is 2.40. The van der Waals surface area contributed by atoms with Gasteiger partial charge in [-0.3, -0.25) is 0 Å². The van der Waals surface area contributed by atoms with Crippen molar-refractivity contribution in [2.75, 3.05) is 13.7 Å². The molecule has 0 amide bonds. The maximum atomic E-state index is 5.69. The van der Waals surface area contributed by atoms with Crippen molar-refractivity contribution in [3.05, 3.63) is 41.6 Å². The van der Waals surface area contributed by atoms with E-state index in [9.17, 15) is 0 Å². The number of benzene rings is 1. The molecule has 1 aromatic carbocycles. The zero-order chi connectivity index (χ0) is 15.1. The van der Waals surface area contributed by atoms with Crippen LogP contribution >= 0.6 is 0 Å². The minimum Gasteiger partial charge on any atom is -0.496 e. The van der Waals surface area contributed by atoms with Crippen LogP contribution in [0.25, 0.3) is 0 Å². The molecule has 1 aromatic heterocycles. The smallest absolute Gasteiger partial charge is 0.221 e. The van der Waals surface area contributed by atoms with E-state index in [1.165, 1.54) is 0 Å². The predicted octanol–water partition coefficient (Wildman–Crippen LogP) is 2.60. The summed E-state index contributed by atoms with van der Waals surface area (Å²) >= 11 is 0. The summed E-state index contributed by atoms with van der Waals surface area (Å²) in [6, 6.07) is 8.38. The van der Waals surface area contributed by atoms with Crippen molar-refractivity contribution >= 4 is 0 Å². The highest BCUT2D eigenvalue weighted by Gasteiger charge is 2.09. The van der Waals surface area contributed by atoms with E-state index in [-0.39, 0.29) is 0 Å². The molecule has 5 nitrogen and oxygen atoms in total. The van der Waals surface area contributed by atoms with Crippen LogP contribution in [0.15, 0.2) is 28.7 Å². The molecule has 0 atom stereocenters. The van der Waals surface area contributed by atoms with Crippen LogP contribution in [0.2, 0.25) is 0 Å². The van der Waals surface area contributed by atoms with Gasteiger partial charge >= 0.3 is 0 Å². The van der Waals surface area contributed by atoms with E-state index in [4.69, 9.17) is 9.15 Å². The standard InChI is InChI=1S/C16H23N3O2/c1-12(2)17-10-6-9-15-18-19-16(21-15)11-13-7-4-5-8-14(13)20-3/h4-5,7-8,12,17H,6,9-11H2,1-3H3. The first-order valence-electron chi connectivity index (χ1n) is 7.35. The van der Waals surface area contributed by atoms with Gasteiger partial charge in [0.05, 0.1) is 13.5 Å². The third kappa shape index (κ3) is 4.86. The topological polar surface area (TPSA) is 60.2 Å². The first-order chi connectivity index (χ1) is 10.2. The molecule has 1 N–H and O–H groups in total. The summed E-state index contributed by atoms with van der Waals surface area (Å²) in [5.74, 6) is 2.18. The van der Waals surface area contributed by atoms with Crippen molar-refractivity contribution in [3.63, 3.8) is 0 Å². The van der Waals surface area contributed by atoms with Gasteiger partial charge in [-0.25, -0.2) is 0 Å². The first kappa shape index (κ1) is 15.5. The van der Waals surface area contributed by atoms with Gasteiger partial charge in [0.2, 0.25) is 11.8 Å². The molecule has 1 heterocycles. The molecule has 0 unspecified atom stereocenters. The molecular weight excluding hydrogens is 266 g/mol. The van der Waals surface area contributed by atoms with Gasteiger partial charge < -0.3 is 14.5 Å². The van der Waals surface area contributed by atoms with Gasteiger partial charge in [0.15, 0.2) is 0 Å². The molecule has 0 saturated heterocycles. The molecule has 0 radical (unpaired) electrons. The Morgan fingerprint density at radius 3 is 2.71 bits per heavy atom. The molecule has 2 aromatic rings. The van der Waals surface area contributed by atoms with E-state index >= 15 is 0 Å². The number of ether oxygens (including phenoxy) is 1. The van der Waals surface area contributed by atoms with E-state index in [1.807, 2.05) is 24.3 Å². The average Bonchev–Trinajstić information content (AvgIpc) is 2.91. The summed E-state index contributed by atoms with van der Waals surface area (Å²) in [6.45, 7) is 5.23. The van der Waals surface area contributed by atoms with Gasteiger partial charge in [-0.1, -0.05) is 32.0 Å². The lowest BCUT2D eigenvalue weighted by atomic mass is 10.1. The molecule has 21 heavy (non-hydrogen) atoms. The number of hydrogen-bond donors (Lipinski definition) is 1. The zero-order valence-electron chi connectivity index (χ0n) is 12.9. The molecule has 114 valence electrons. The second-order valence-electron chi connectivity index (χ2n) is 5.29. The Hall–Kier alpha value is -1.88. The number of aryl methyl sites for hydroxylation is 1. The van der Waals surface area contributed by atoms with Gasteiger partial charge in [-0.2, -0.15) is 0 Å². The highest BCUT2D eigenvalue weighted by atomic mass is 16.5. The molecule has 0 aliphatic rings. The maximum Gasteiger partial charge on any atom is 0.221 e.